The van der Waals surface area contributed by atoms with E-state index in [0.717, 1.165) is 50.8 Å². The summed E-state index contributed by atoms with van der Waals surface area (Å²) < 4.78 is 15.6. The predicted octanol–water partition coefficient (Wildman–Crippen LogP) is 0.282. The summed E-state index contributed by atoms with van der Waals surface area (Å²) >= 11 is 0. The van der Waals surface area contributed by atoms with Crippen molar-refractivity contribution in [1.82, 2.24) is 0 Å². The minimum Gasteiger partial charge on any atom is -0.493 e. The number of ether oxygens (including phenoxy) is 3. The molecule has 0 unspecified atom stereocenters. The van der Waals surface area contributed by atoms with Gasteiger partial charge in [0.2, 0.25) is 0 Å². The lowest BCUT2D eigenvalue weighted by Gasteiger charge is -2.30. The molecule has 6 heteroatoms. The van der Waals surface area contributed by atoms with Gasteiger partial charge in [-0.15, -0.1) is 0 Å². The molecule has 0 bridgehead atoms. The first-order chi connectivity index (χ1) is 14.0. The van der Waals surface area contributed by atoms with Gasteiger partial charge in [0.15, 0.2) is 11.5 Å². The highest BCUT2D eigenvalue weighted by atomic mass is 16.5. The van der Waals surface area contributed by atoms with Crippen LogP contribution in [-0.4, -0.2) is 53.5 Å². The predicted molar refractivity (Wildman–Crippen MR) is 111 cm³/mol. The van der Waals surface area contributed by atoms with Crippen molar-refractivity contribution in [2.24, 2.45) is 0 Å². The van der Waals surface area contributed by atoms with Crippen molar-refractivity contribution in [2.75, 3.05) is 47.5 Å². The Balaban J connectivity index is 1.54. The maximum Gasteiger partial charge on any atom is 0.337 e. The van der Waals surface area contributed by atoms with Crippen LogP contribution in [0.2, 0.25) is 0 Å². The van der Waals surface area contributed by atoms with Gasteiger partial charge in [0.1, 0.15) is 39.3 Å². The smallest absolute Gasteiger partial charge is 0.337 e. The number of methoxy groups -OCH3 is 3. The van der Waals surface area contributed by atoms with Gasteiger partial charge >= 0.3 is 5.97 Å². The molecular weight excluding hydrogens is 368 g/mol. The van der Waals surface area contributed by atoms with Crippen LogP contribution < -0.4 is 19.3 Å². The average Bonchev–Trinajstić information content (AvgIpc) is 2.76. The van der Waals surface area contributed by atoms with Gasteiger partial charge in [-0.25, -0.2) is 4.79 Å². The van der Waals surface area contributed by atoms with E-state index in [1.54, 1.807) is 24.0 Å². The Morgan fingerprint density at radius 1 is 0.862 bits per heavy atom. The van der Waals surface area contributed by atoms with E-state index in [4.69, 9.17) is 14.2 Å². The molecule has 1 fully saturated rings. The average molecular weight is 401 g/mol. The van der Waals surface area contributed by atoms with E-state index in [2.05, 4.69) is 19.1 Å². The third-order valence-corrected chi connectivity index (χ3v) is 5.78. The van der Waals surface area contributed by atoms with Crippen LogP contribution in [0.4, 0.5) is 0 Å². The lowest BCUT2D eigenvalue weighted by atomic mass is 10.1. The highest BCUT2D eigenvalue weighted by Gasteiger charge is 2.24. The first kappa shape index (κ1) is 21.1. The number of benzene rings is 2. The fourth-order valence-corrected chi connectivity index (χ4v) is 3.96. The molecule has 2 aromatic rings. The molecule has 1 aliphatic heterocycles. The summed E-state index contributed by atoms with van der Waals surface area (Å²) in [6.07, 6.45) is 0. The number of nitrogens with one attached hydrogen (secondary N) is 2. The second kappa shape index (κ2) is 9.76. The molecule has 1 heterocycles. The molecule has 0 spiro atoms. The van der Waals surface area contributed by atoms with Gasteiger partial charge < -0.3 is 24.0 Å². The fourth-order valence-electron chi connectivity index (χ4n) is 3.96. The van der Waals surface area contributed by atoms with Crippen molar-refractivity contribution in [2.45, 2.75) is 20.0 Å². The molecule has 3 rings (SSSR count). The Morgan fingerprint density at radius 2 is 1.41 bits per heavy atom. The molecule has 0 amide bonds. The topological polar surface area (TPSA) is 53.6 Å². The Labute approximate surface area is 173 Å². The van der Waals surface area contributed by atoms with Gasteiger partial charge in [0.25, 0.3) is 0 Å². The minimum absolute atomic E-state index is 0.286. The van der Waals surface area contributed by atoms with Crippen LogP contribution in [0.5, 0.6) is 11.5 Å². The summed E-state index contributed by atoms with van der Waals surface area (Å²) in [6, 6.07) is 11.9. The number of rotatable bonds is 7. The zero-order valence-corrected chi connectivity index (χ0v) is 17.8. The summed E-state index contributed by atoms with van der Waals surface area (Å²) in [7, 11) is 4.77. The van der Waals surface area contributed by atoms with Crippen LogP contribution in [0.15, 0.2) is 36.4 Å². The highest BCUT2D eigenvalue weighted by Crippen LogP contribution is 2.29. The van der Waals surface area contributed by atoms with Crippen molar-refractivity contribution < 1.29 is 28.8 Å². The van der Waals surface area contributed by atoms with Crippen molar-refractivity contribution in [3.05, 3.63) is 58.7 Å². The van der Waals surface area contributed by atoms with Crippen LogP contribution >= 0.6 is 0 Å². The normalized spacial score (nSPS) is 18.9. The molecule has 1 saturated heterocycles. The lowest BCUT2D eigenvalue weighted by molar-refractivity contribution is -1.02. The van der Waals surface area contributed by atoms with Gasteiger partial charge in [-0.1, -0.05) is 12.1 Å². The molecule has 0 radical (unpaired) electrons. The van der Waals surface area contributed by atoms with Crippen molar-refractivity contribution in [3.63, 3.8) is 0 Å². The maximum absolute atomic E-state index is 11.6. The van der Waals surface area contributed by atoms with E-state index in [0.29, 0.717) is 5.56 Å². The highest BCUT2D eigenvalue weighted by molar-refractivity contribution is 5.89. The van der Waals surface area contributed by atoms with E-state index in [-0.39, 0.29) is 5.97 Å². The van der Waals surface area contributed by atoms with E-state index in [1.807, 2.05) is 24.3 Å². The zero-order valence-electron chi connectivity index (χ0n) is 17.8. The number of aryl methyl sites for hydroxylation is 1. The Morgan fingerprint density at radius 3 is 1.97 bits per heavy atom. The standard InChI is InChI=1S/C23H30N2O4/c1-17-13-21(27-2)22(28-3)14-20(17)16-25-11-9-24(10-12-25)15-18-5-7-19(8-6-18)23(26)29-4/h5-8,13-14H,9-12,15-16H2,1-4H3/p+2. The molecule has 0 aromatic heterocycles. The van der Waals surface area contributed by atoms with E-state index >= 15 is 0 Å². The Hall–Kier alpha value is -2.57. The third kappa shape index (κ3) is 5.28. The van der Waals surface area contributed by atoms with Crippen LogP contribution in [0, 0.1) is 6.92 Å². The fraction of sp³-hybridized carbons (Fsp3) is 0.435. The quantitative estimate of drug-likeness (QED) is 0.656. The summed E-state index contributed by atoms with van der Waals surface area (Å²) in [5.74, 6) is 1.30. The van der Waals surface area contributed by atoms with Crippen LogP contribution in [0.1, 0.15) is 27.0 Å². The Bertz CT molecular complexity index is 828. The second-order valence-electron chi connectivity index (χ2n) is 7.68. The summed E-state index contributed by atoms with van der Waals surface area (Å²) in [5.41, 5.74) is 4.42. The number of quaternary nitrogens is 2. The molecule has 2 N–H and O–H groups in total. The van der Waals surface area contributed by atoms with Gasteiger partial charge in [0, 0.05) is 11.1 Å². The zero-order chi connectivity index (χ0) is 20.8. The molecule has 156 valence electrons. The first-order valence-corrected chi connectivity index (χ1v) is 10.1. The van der Waals surface area contributed by atoms with Crippen molar-refractivity contribution >= 4 is 5.97 Å². The van der Waals surface area contributed by atoms with Crippen molar-refractivity contribution in [3.8, 4) is 11.5 Å². The van der Waals surface area contributed by atoms with Gasteiger partial charge in [-0.3, -0.25) is 0 Å². The Kier molecular flexibility index (Phi) is 7.12. The molecular formula is C23H32N2O4+2. The van der Waals surface area contributed by atoms with Crippen LogP contribution in [-0.2, 0) is 17.8 Å². The SMILES string of the molecule is COC(=O)c1ccc(C[NH+]2CC[NH+](Cc3cc(OC)c(OC)cc3C)CC2)cc1. The molecule has 6 nitrogen and oxygen atoms in total. The number of hydrogen-bond donors (Lipinski definition) is 2. The number of carbonyl (C=O) groups excluding carboxylic acids is 1. The van der Waals surface area contributed by atoms with E-state index < -0.39 is 0 Å². The number of hydrogen-bond acceptors (Lipinski definition) is 4. The minimum atomic E-state index is -0.286. The van der Waals surface area contributed by atoms with Crippen LogP contribution in [0.3, 0.4) is 0 Å². The summed E-state index contributed by atoms with van der Waals surface area (Å²) in [5, 5.41) is 0. The largest absolute Gasteiger partial charge is 0.493 e. The molecule has 2 aromatic carbocycles. The molecule has 0 saturated carbocycles. The number of carbonyl (C=O) groups is 1. The van der Waals surface area contributed by atoms with Crippen molar-refractivity contribution in [1.29, 1.82) is 0 Å². The molecule has 29 heavy (non-hydrogen) atoms. The molecule has 0 aliphatic carbocycles. The van der Waals surface area contributed by atoms with E-state index in [9.17, 15) is 4.79 Å². The van der Waals surface area contributed by atoms with Crippen LogP contribution in [0.25, 0.3) is 0 Å². The van der Waals surface area contributed by atoms with Gasteiger partial charge in [0.05, 0.1) is 26.9 Å². The molecule has 0 atom stereocenters. The first-order valence-electron chi connectivity index (χ1n) is 10.1. The monoisotopic (exact) mass is 400 g/mol. The molecule has 1 aliphatic rings. The third-order valence-electron chi connectivity index (χ3n) is 5.78. The maximum atomic E-state index is 11.6. The lowest BCUT2D eigenvalue weighted by Crippen LogP contribution is -3.27. The number of esters is 1. The second-order valence-corrected chi connectivity index (χ2v) is 7.68. The number of piperazine rings is 1. The van der Waals surface area contributed by atoms with E-state index in [1.165, 1.54) is 23.8 Å². The summed E-state index contributed by atoms with van der Waals surface area (Å²) in [4.78, 5) is 14.7. The van der Waals surface area contributed by atoms with Gasteiger partial charge in [-0.05, 0) is 36.8 Å². The van der Waals surface area contributed by atoms with Gasteiger partial charge in [-0.2, -0.15) is 0 Å². The summed E-state index contributed by atoms with van der Waals surface area (Å²) in [6.45, 7) is 8.70.